The number of aryl methyl sites for hydroxylation is 2. The molecule has 2 aromatic heterocycles. The zero-order chi connectivity index (χ0) is 17.4. The quantitative estimate of drug-likeness (QED) is 0.844. The third-order valence-corrected chi connectivity index (χ3v) is 5.52. The van der Waals surface area contributed by atoms with E-state index in [1.54, 1.807) is 0 Å². The fourth-order valence-corrected chi connectivity index (χ4v) is 4.14. The SMILES string of the molecule is Cc1cc(C)c2ccc(N3CCC(C(=O)N4CCCCC4)C3)nc2n1. The molecule has 2 fully saturated rings. The van der Waals surface area contributed by atoms with Crippen LogP contribution in [0.25, 0.3) is 11.0 Å². The molecule has 1 amide bonds. The van der Waals surface area contributed by atoms with E-state index in [0.717, 1.165) is 68.0 Å². The van der Waals surface area contributed by atoms with Crippen LogP contribution < -0.4 is 4.90 Å². The highest BCUT2D eigenvalue weighted by molar-refractivity contribution is 5.82. The van der Waals surface area contributed by atoms with Crippen molar-refractivity contribution in [3.8, 4) is 0 Å². The predicted molar refractivity (Wildman–Crippen MR) is 99.8 cm³/mol. The van der Waals surface area contributed by atoms with Crippen LogP contribution in [0.4, 0.5) is 5.82 Å². The third-order valence-electron chi connectivity index (χ3n) is 5.52. The Morgan fingerprint density at radius 1 is 1.08 bits per heavy atom. The van der Waals surface area contributed by atoms with Crippen molar-refractivity contribution in [2.75, 3.05) is 31.1 Å². The summed E-state index contributed by atoms with van der Waals surface area (Å²) < 4.78 is 0. The van der Waals surface area contributed by atoms with Gasteiger partial charge in [-0.2, -0.15) is 0 Å². The fourth-order valence-electron chi connectivity index (χ4n) is 4.14. The molecule has 0 spiro atoms. The summed E-state index contributed by atoms with van der Waals surface area (Å²) in [6, 6.07) is 6.27. The Morgan fingerprint density at radius 3 is 2.68 bits per heavy atom. The van der Waals surface area contributed by atoms with Gasteiger partial charge < -0.3 is 9.80 Å². The number of pyridine rings is 2. The van der Waals surface area contributed by atoms with Crippen molar-refractivity contribution in [3.63, 3.8) is 0 Å². The second-order valence-corrected chi connectivity index (χ2v) is 7.44. The lowest BCUT2D eigenvalue weighted by Gasteiger charge is -2.29. The number of aromatic nitrogens is 2. The van der Waals surface area contributed by atoms with Gasteiger partial charge in [-0.25, -0.2) is 9.97 Å². The van der Waals surface area contributed by atoms with E-state index in [2.05, 4.69) is 39.9 Å². The van der Waals surface area contributed by atoms with Gasteiger partial charge in [-0.1, -0.05) is 0 Å². The maximum absolute atomic E-state index is 12.7. The molecule has 5 nitrogen and oxygen atoms in total. The van der Waals surface area contributed by atoms with E-state index in [9.17, 15) is 4.79 Å². The zero-order valence-electron chi connectivity index (χ0n) is 15.2. The van der Waals surface area contributed by atoms with Gasteiger partial charge >= 0.3 is 0 Å². The van der Waals surface area contributed by atoms with Crippen LogP contribution in [0, 0.1) is 19.8 Å². The molecule has 0 radical (unpaired) electrons. The number of hydrogen-bond acceptors (Lipinski definition) is 4. The molecule has 2 saturated heterocycles. The van der Waals surface area contributed by atoms with Crippen molar-refractivity contribution in [1.82, 2.24) is 14.9 Å². The Balaban J connectivity index is 1.51. The van der Waals surface area contributed by atoms with Crippen LogP contribution in [0.1, 0.15) is 36.9 Å². The van der Waals surface area contributed by atoms with Crippen LogP contribution in [0.15, 0.2) is 18.2 Å². The fraction of sp³-hybridized carbons (Fsp3) is 0.550. The molecule has 4 heterocycles. The van der Waals surface area contributed by atoms with Crippen molar-refractivity contribution in [1.29, 1.82) is 0 Å². The Bertz CT molecular complexity index is 798. The predicted octanol–water partition coefficient (Wildman–Crippen LogP) is 3.09. The van der Waals surface area contributed by atoms with Gasteiger partial charge in [0, 0.05) is 37.3 Å². The van der Waals surface area contributed by atoms with Crippen molar-refractivity contribution in [2.24, 2.45) is 5.92 Å². The molecular weight excluding hydrogens is 312 g/mol. The average molecular weight is 338 g/mol. The van der Waals surface area contributed by atoms with E-state index in [-0.39, 0.29) is 5.92 Å². The van der Waals surface area contributed by atoms with E-state index in [4.69, 9.17) is 4.98 Å². The van der Waals surface area contributed by atoms with Gasteiger partial charge in [0.2, 0.25) is 5.91 Å². The molecule has 2 aromatic rings. The van der Waals surface area contributed by atoms with Crippen LogP contribution in [0.3, 0.4) is 0 Å². The molecule has 0 aromatic carbocycles. The van der Waals surface area contributed by atoms with Gasteiger partial charge in [0.15, 0.2) is 5.65 Å². The third kappa shape index (κ3) is 3.20. The molecule has 4 rings (SSSR count). The molecule has 132 valence electrons. The van der Waals surface area contributed by atoms with E-state index in [0.29, 0.717) is 5.91 Å². The zero-order valence-corrected chi connectivity index (χ0v) is 15.2. The maximum atomic E-state index is 12.7. The number of fused-ring (bicyclic) bond motifs is 1. The maximum Gasteiger partial charge on any atom is 0.227 e. The molecule has 2 aliphatic heterocycles. The summed E-state index contributed by atoms with van der Waals surface area (Å²) in [5.74, 6) is 1.40. The van der Waals surface area contributed by atoms with E-state index in [1.165, 1.54) is 12.0 Å². The first-order valence-electron chi connectivity index (χ1n) is 9.40. The minimum atomic E-state index is 0.114. The van der Waals surface area contributed by atoms with Gasteiger partial charge in [0.05, 0.1) is 5.92 Å². The largest absolute Gasteiger partial charge is 0.356 e. The van der Waals surface area contributed by atoms with E-state index in [1.807, 2.05) is 6.92 Å². The molecular formula is C20H26N4O. The molecule has 0 saturated carbocycles. The van der Waals surface area contributed by atoms with Gasteiger partial charge in [-0.3, -0.25) is 4.79 Å². The first-order valence-corrected chi connectivity index (χ1v) is 9.40. The number of carbonyl (C=O) groups excluding carboxylic acids is 1. The molecule has 5 heteroatoms. The van der Waals surface area contributed by atoms with Crippen LogP contribution in [-0.4, -0.2) is 47.0 Å². The summed E-state index contributed by atoms with van der Waals surface area (Å²) in [6.07, 6.45) is 4.49. The molecule has 1 atom stereocenters. The van der Waals surface area contributed by atoms with Crippen molar-refractivity contribution in [2.45, 2.75) is 39.5 Å². The number of piperidine rings is 1. The molecule has 25 heavy (non-hydrogen) atoms. The first kappa shape index (κ1) is 16.3. The second kappa shape index (κ2) is 6.62. The number of carbonyl (C=O) groups is 1. The molecule has 0 N–H and O–H groups in total. The highest BCUT2D eigenvalue weighted by atomic mass is 16.2. The van der Waals surface area contributed by atoms with Crippen LogP contribution in [0.2, 0.25) is 0 Å². The lowest BCUT2D eigenvalue weighted by Crippen LogP contribution is -2.40. The van der Waals surface area contributed by atoms with Gasteiger partial charge in [0.25, 0.3) is 0 Å². The van der Waals surface area contributed by atoms with Crippen LogP contribution in [0.5, 0.6) is 0 Å². The highest BCUT2D eigenvalue weighted by Gasteiger charge is 2.32. The molecule has 0 bridgehead atoms. The molecule has 0 aliphatic carbocycles. The standard InChI is InChI=1S/C20H26N4O/c1-14-12-15(2)21-19-17(14)6-7-18(22-19)24-11-8-16(13-24)20(25)23-9-4-3-5-10-23/h6-7,12,16H,3-5,8-11,13H2,1-2H3. The summed E-state index contributed by atoms with van der Waals surface area (Å²) in [7, 11) is 0. The van der Waals surface area contributed by atoms with Crippen LogP contribution in [-0.2, 0) is 4.79 Å². The minimum Gasteiger partial charge on any atom is -0.356 e. The topological polar surface area (TPSA) is 49.3 Å². The van der Waals surface area contributed by atoms with Gasteiger partial charge in [-0.15, -0.1) is 0 Å². The van der Waals surface area contributed by atoms with E-state index >= 15 is 0 Å². The Labute approximate surface area is 149 Å². The monoisotopic (exact) mass is 338 g/mol. The smallest absolute Gasteiger partial charge is 0.227 e. The number of rotatable bonds is 2. The summed E-state index contributed by atoms with van der Waals surface area (Å²) in [5.41, 5.74) is 3.01. The Morgan fingerprint density at radius 2 is 1.88 bits per heavy atom. The molecule has 2 aliphatic rings. The minimum absolute atomic E-state index is 0.114. The highest BCUT2D eigenvalue weighted by Crippen LogP contribution is 2.27. The van der Waals surface area contributed by atoms with Crippen molar-refractivity contribution in [3.05, 3.63) is 29.5 Å². The second-order valence-electron chi connectivity index (χ2n) is 7.44. The van der Waals surface area contributed by atoms with Crippen molar-refractivity contribution < 1.29 is 4.79 Å². The summed E-state index contributed by atoms with van der Waals surface area (Å²) in [4.78, 5) is 26.4. The van der Waals surface area contributed by atoms with Gasteiger partial charge in [0.1, 0.15) is 5.82 Å². The number of anilines is 1. The number of hydrogen-bond donors (Lipinski definition) is 0. The Kier molecular flexibility index (Phi) is 4.32. The first-order chi connectivity index (χ1) is 12.1. The lowest BCUT2D eigenvalue weighted by molar-refractivity contribution is -0.135. The molecule has 1 unspecified atom stereocenters. The summed E-state index contributed by atoms with van der Waals surface area (Å²) in [6.45, 7) is 7.65. The normalized spacial score (nSPS) is 21.1. The summed E-state index contributed by atoms with van der Waals surface area (Å²) >= 11 is 0. The Hall–Kier alpha value is -2.17. The van der Waals surface area contributed by atoms with Gasteiger partial charge in [-0.05, 0) is 63.3 Å². The lowest BCUT2D eigenvalue weighted by atomic mass is 10.0. The number of likely N-dealkylation sites (tertiary alicyclic amines) is 1. The number of nitrogens with zero attached hydrogens (tertiary/aromatic N) is 4. The van der Waals surface area contributed by atoms with E-state index < -0.39 is 0 Å². The average Bonchev–Trinajstić information content (AvgIpc) is 3.11. The number of amides is 1. The van der Waals surface area contributed by atoms with Crippen molar-refractivity contribution >= 4 is 22.8 Å². The van der Waals surface area contributed by atoms with Crippen LogP contribution >= 0.6 is 0 Å². The summed E-state index contributed by atoms with van der Waals surface area (Å²) in [5, 5.41) is 1.11.